The van der Waals surface area contributed by atoms with E-state index in [1.54, 1.807) is 0 Å². The predicted octanol–water partition coefficient (Wildman–Crippen LogP) is 0.215. The van der Waals surface area contributed by atoms with E-state index in [-0.39, 0.29) is 23.8 Å². The highest BCUT2D eigenvalue weighted by Crippen LogP contribution is 2.22. The van der Waals surface area contributed by atoms with Crippen molar-refractivity contribution in [3.05, 3.63) is 0 Å². The average Bonchev–Trinajstić information content (AvgIpc) is 2.81. The molecular weight excluding hydrogens is 204 g/mol. The van der Waals surface area contributed by atoms with Crippen molar-refractivity contribution in [2.24, 2.45) is 11.8 Å². The number of aliphatic hydroxyl groups is 1. The smallest absolute Gasteiger partial charge is 0.227 e. The number of carbonyl (C=O) groups excluding carboxylic acids is 1. The third-order valence-corrected chi connectivity index (χ3v) is 3.86. The molecule has 0 aliphatic carbocycles. The van der Waals surface area contributed by atoms with Crippen molar-refractivity contribution < 1.29 is 9.90 Å². The summed E-state index contributed by atoms with van der Waals surface area (Å²) in [6, 6.07) is 0. The quantitative estimate of drug-likeness (QED) is 0.708. The molecule has 2 aliphatic rings. The molecule has 4 heteroatoms. The van der Waals surface area contributed by atoms with Gasteiger partial charge in [-0.2, -0.15) is 0 Å². The van der Waals surface area contributed by atoms with Gasteiger partial charge in [-0.05, 0) is 32.7 Å². The van der Waals surface area contributed by atoms with Gasteiger partial charge in [0.2, 0.25) is 5.91 Å². The third-order valence-electron chi connectivity index (χ3n) is 3.86. The van der Waals surface area contributed by atoms with Gasteiger partial charge in [0.25, 0.3) is 0 Å². The highest BCUT2D eigenvalue weighted by molar-refractivity contribution is 5.79. The molecule has 0 bridgehead atoms. The fourth-order valence-electron chi connectivity index (χ4n) is 2.73. The van der Waals surface area contributed by atoms with E-state index in [1.165, 1.54) is 0 Å². The Bertz CT molecular complexity index is 249. The first-order valence-corrected chi connectivity index (χ1v) is 6.36. The van der Waals surface area contributed by atoms with E-state index in [0.29, 0.717) is 0 Å². The first kappa shape index (κ1) is 11.9. The van der Waals surface area contributed by atoms with Gasteiger partial charge in [0.05, 0.1) is 12.0 Å². The summed E-state index contributed by atoms with van der Waals surface area (Å²) < 4.78 is 0. The highest BCUT2D eigenvalue weighted by Gasteiger charge is 2.31. The largest absolute Gasteiger partial charge is 0.393 e. The molecule has 0 aromatic carbocycles. The number of piperidine rings is 1. The van der Waals surface area contributed by atoms with Crippen molar-refractivity contribution in [2.75, 3.05) is 26.2 Å². The average molecular weight is 226 g/mol. The minimum absolute atomic E-state index is 0.174. The van der Waals surface area contributed by atoms with Crippen molar-refractivity contribution in [1.82, 2.24) is 10.2 Å². The lowest BCUT2D eigenvalue weighted by atomic mass is 9.92. The van der Waals surface area contributed by atoms with Crippen LogP contribution >= 0.6 is 0 Å². The summed E-state index contributed by atoms with van der Waals surface area (Å²) in [6.45, 7) is 5.24. The van der Waals surface area contributed by atoms with Gasteiger partial charge in [0, 0.05) is 25.6 Å². The van der Waals surface area contributed by atoms with Crippen LogP contribution in [0.3, 0.4) is 0 Å². The molecule has 2 saturated heterocycles. The topological polar surface area (TPSA) is 52.6 Å². The van der Waals surface area contributed by atoms with Gasteiger partial charge < -0.3 is 15.3 Å². The molecule has 0 radical (unpaired) electrons. The van der Waals surface area contributed by atoms with Gasteiger partial charge in [-0.3, -0.25) is 4.79 Å². The Balaban J connectivity index is 1.90. The molecule has 2 N–H and O–H groups in total. The molecule has 4 nitrogen and oxygen atoms in total. The maximum atomic E-state index is 12.2. The number of likely N-dealkylation sites (tertiary alicyclic amines) is 1. The van der Waals surface area contributed by atoms with Crippen LogP contribution < -0.4 is 5.32 Å². The van der Waals surface area contributed by atoms with E-state index in [1.807, 2.05) is 11.8 Å². The molecule has 0 saturated carbocycles. The maximum Gasteiger partial charge on any atom is 0.227 e. The zero-order valence-corrected chi connectivity index (χ0v) is 9.98. The minimum atomic E-state index is -0.294. The minimum Gasteiger partial charge on any atom is -0.393 e. The van der Waals surface area contributed by atoms with Crippen LogP contribution in [0.25, 0.3) is 0 Å². The van der Waals surface area contributed by atoms with Crippen LogP contribution in [0.15, 0.2) is 0 Å². The van der Waals surface area contributed by atoms with Crippen LogP contribution in [0.4, 0.5) is 0 Å². The molecular formula is C12H22N2O2. The van der Waals surface area contributed by atoms with Crippen LogP contribution in [0.1, 0.15) is 26.2 Å². The zero-order chi connectivity index (χ0) is 11.5. The monoisotopic (exact) mass is 226 g/mol. The van der Waals surface area contributed by atoms with Crippen molar-refractivity contribution >= 4 is 5.91 Å². The fraction of sp³-hybridized carbons (Fsp3) is 0.917. The lowest BCUT2D eigenvalue weighted by molar-refractivity contribution is -0.137. The summed E-state index contributed by atoms with van der Waals surface area (Å²) in [5, 5.41) is 12.8. The summed E-state index contributed by atoms with van der Waals surface area (Å²) >= 11 is 0. The normalized spacial score (nSPS) is 32.8. The van der Waals surface area contributed by atoms with Crippen molar-refractivity contribution in [3.8, 4) is 0 Å². The van der Waals surface area contributed by atoms with Gasteiger partial charge in [-0.25, -0.2) is 0 Å². The first-order chi connectivity index (χ1) is 7.68. The van der Waals surface area contributed by atoms with Crippen molar-refractivity contribution in [2.45, 2.75) is 32.3 Å². The lowest BCUT2D eigenvalue weighted by Gasteiger charge is -2.35. The molecule has 2 aliphatic heterocycles. The molecule has 92 valence electrons. The molecule has 2 heterocycles. The number of amides is 1. The van der Waals surface area contributed by atoms with Crippen LogP contribution in [-0.4, -0.2) is 48.2 Å². The number of carbonyl (C=O) groups is 1. The Kier molecular flexibility index (Phi) is 3.82. The molecule has 3 unspecified atom stereocenters. The van der Waals surface area contributed by atoms with Gasteiger partial charge in [0.15, 0.2) is 0 Å². The molecule has 0 aromatic rings. The van der Waals surface area contributed by atoms with Crippen LogP contribution in [-0.2, 0) is 4.79 Å². The summed E-state index contributed by atoms with van der Waals surface area (Å²) in [6.07, 6.45) is 2.75. The molecule has 2 fully saturated rings. The summed E-state index contributed by atoms with van der Waals surface area (Å²) in [5.74, 6) is 0.732. The highest BCUT2D eigenvalue weighted by atomic mass is 16.3. The van der Waals surface area contributed by atoms with E-state index in [9.17, 15) is 9.90 Å². The van der Waals surface area contributed by atoms with Gasteiger partial charge in [-0.1, -0.05) is 0 Å². The summed E-state index contributed by atoms with van der Waals surface area (Å²) in [4.78, 5) is 14.1. The van der Waals surface area contributed by atoms with E-state index < -0.39 is 0 Å². The Morgan fingerprint density at radius 1 is 1.50 bits per heavy atom. The Labute approximate surface area is 97.0 Å². The standard InChI is InChI=1S/C12H22N2O2/c1-9(15)11-3-2-6-14(8-11)12(16)10-4-5-13-7-10/h9-11,13,15H,2-8H2,1H3. The molecule has 16 heavy (non-hydrogen) atoms. The lowest BCUT2D eigenvalue weighted by Crippen LogP contribution is -2.45. The van der Waals surface area contributed by atoms with Crippen LogP contribution in [0, 0.1) is 11.8 Å². The second-order valence-electron chi connectivity index (χ2n) is 5.12. The van der Waals surface area contributed by atoms with Gasteiger partial charge in [-0.15, -0.1) is 0 Å². The van der Waals surface area contributed by atoms with Gasteiger partial charge >= 0.3 is 0 Å². The number of hydrogen-bond donors (Lipinski definition) is 2. The Morgan fingerprint density at radius 3 is 2.94 bits per heavy atom. The predicted molar refractivity (Wildman–Crippen MR) is 62.0 cm³/mol. The number of rotatable bonds is 2. The number of aliphatic hydroxyl groups excluding tert-OH is 1. The third kappa shape index (κ3) is 2.55. The Morgan fingerprint density at radius 2 is 2.31 bits per heavy atom. The van der Waals surface area contributed by atoms with Crippen LogP contribution in [0.2, 0.25) is 0 Å². The Hall–Kier alpha value is -0.610. The number of nitrogens with zero attached hydrogens (tertiary/aromatic N) is 1. The molecule has 2 rings (SSSR count). The molecule has 3 atom stereocenters. The maximum absolute atomic E-state index is 12.2. The number of hydrogen-bond acceptors (Lipinski definition) is 3. The number of nitrogens with one attached hydrogen (secondary N) is 1. The first-order valence-electron chi connectivity index (χ1n) is 6.36. The van der Waals surface area contributed by atoms with Gasteiger partial charge in [0.1, 0.15) is 0 Å². The van der Waals surface area contributed by atoms with E-state index in [2.05, 4.69) is 5.32 Å². The van der Waals surface area contributed by atoms with E-state index >= 15 is 0 Å². The SMILES string of the molecule is CC(O)C1CCCN(C(=O)C2CCNC2)C1. The second kappa shape index (κ2) is 5.15. The van der Waals surface area contributed by atoms with Crippen LogP contribution in [0.5, 0.6) is 0 Å². The summed E-state index contributed by atoms with van der Waals surface area (Å²) in [5.41, 5.74) is 0. The fourth-order valence-corrected chi connectivity index (χ4v) is 2.73. The molecule has 0 spiro atoms. The molecule has 1 amide bonds. The summed E-state index contributed by atoms with van der Waals surface area (Å²) in [7, 11) is 0. The van der Waals surface area contributed by atoms with E-state index in [4.69, 9.17) is 0 Å². The second-order valence-corrected chi connectivity index (χ2v) is 5.12. The molecule has 0 aromatic heterocycles. The van der Waals surface area contributed by atoms with Crippen molar-refractivity contribution in [1.29, 1.82) is 0 Å². The van der Waals surface area contributed by atoms with Crippen molar-refractivity contribution in [3.63, 3.8) is 0 Å². The van der Waals surface area contributed by atoms with E-state index in [0.717, 1.165) is 45.4 Å². The zero-order valence-electron chi connectivity index (χ0n) is 9.98.